The van der Waals surface area contributed by atoms with Crippen molar-refractivity contribution in [1.82, 2.24) is 14.6 Å². The molecule has 1 amide bonds. The Labute approximate surface area is 234 Å². The molecule has 3 aromatic rings. The molecule has 0 fully saturated rings. The van der Waals surface area contributed by atoms with Crippen LogP contribution < -0.4 is 14.2 Å². The standard InChI is InChI=1S/C29H35N3O4S.C2H2/c1-6-20-11-13-24(14-12-20)37(34)31-26-17-29(3,4)36-27-25(26)16-22(18-30-27)28(33)32(7-2)19-21-9-8-10-23(15-21)35-5;1-2/h8-16,18,26,31H,6-7,17,19H2,1-5H3;1-2H/t26-,37?;/m0./s1. The number of aryl methyl sites for hydroxylation is 1. The van der Waals surface area contributed by atoms with Crippen LogP contribution in [0.3, 0.4) is 0 Å². The molecule has 2 atom stereocenters. The van der Waals surface area contributed by atoms with Crippen LogP contribution in [0, 0.1) is 12.8 Å². The molecule has 0 bridgehead atoms. The van der Waals surface area contributed by atoms with E-state index in [0.717, 1.165) is 23.3 Å². The van der Waals surface area contributed by atoms with Crippen LogP contribution in [0.1, 0.15) is 67.2 Å². The predicted octanol–water partition coefficient (Wildman–Crippen LogP) is 5.48. The monoisotopic (exact) mass is 547 g/mol. The van der Waals surface area contributed by atoms with Gasteiger partial charge in [-0.05, 0) is 68.7 Å². The van der Waals surface area contributed by atoms with E-state index in [0.29, 0.717) is 35.8 Å². The fourth-order valence-electron chi connectivity index (χ4n) is 4.48. The molecule has 1 aromatic heterocycles. The van der Waals surface area contributed by atoms with E-state index in [1.807, 2.05) is 75.4 Å². The van der Waals surface area contributed by atoms with E-state index >= 15 is 0 Å². The van der Waals surface area contributed by atoms with Crippen molar-refractivity contribution in [3.8, 4) is 24.5 Å². The zero-order valence-corrected chi connectivity index (χ0v) is 24.1. The molecule has 206 valence electrons. The fraction of sp³-hybridized carbons (Fsp3) is 0.355. The third kappa shape index (κ3) is 7.47. The van der Waals surface area contributed by atoms with Gasteiger partial charge in [0.15, 0.2) is 0 Å². The second-order valence-corrected chi connectivity index (χ2v) is 11.0. The van der Waals surface area contributed by atoms with Gasteiger partial charge in [-0.3, -0.25) is 4.79 Å². The van der Waals surface area contributed by atoms with Gasteiger partial charge in [-0.1, -0.05) is 31.2 Å². The van der Waals surface area contributed by atoms with Crippen molar-refractivity contribution in [2.45, 2.75) is 63.6 Å². The van der Waals surface area contributed by atoms with Gasteiger partial charge in [-0.25, -0.2) is 13.9 Å². The zero-order chi connectivity index (χ0) is 28.6. The summed E-state index contributed by atoms with van der Waals surface area (Å²) >= 11 is 0. The fourth-order valence-corrected chi connectivity index (χ4v) is 5.47. The molecule has 1 aliphatic heterocycles. The minimum Gasteiger partial charge on any atom is -0.497 e. The smallest absolute Gasteiger partial charge is 0.255 e. The van der Waals surface area contributed by atoms with E-state index < -0.39 is 16.6 Å². The molecule has 2 aromatic carbocycles. The van der Waals surface area contributed by atoms with Gasteiger partial charge < -0.3 is 14.4 Å². The van der Waals surface area contributed by atoms with Gasteiger partial charge in [0.05, 0.1) is 23.6 Å². The van der Waals surface area contributed by atoms with Crippen molar-refractivity contribution in [2.75, 3.05) is 13.7 Å². The first kappa shape index (κ1) is 29.9. The molecule has 0 radical (unpaired) electrons. The van der Waals surface area contributed by atoms with Crippen LogP contribution in [0.25, 0.3) is 0 Å². The summed E-state index contributed by atoms with van der Waals surface area (Å²) in [5, 5.41) is 0. The lowest BCUT2D eigenvalue weighted by Gasteiger charge is -2.37. The molecule has 1 aliphatic rings. The molecule has 39 heavy (non-hydrogen) atoms. The third-order valence-electron chi connectivity index (χ3n) is 6.54. The Morgan fingerprint density at radius 2 is 1.87 bits per heavy atom. The highest BCUT2D eigenvalue weighted by Gasteiger charge is 2.36. The van der Waals surface area contributed by atoms with E-state index in [4.69, 9.17) is 9.47 Å². The molecule has 1 unspecified atom stereocenters. The summed E-state index contributed by atoms with van der Waals surface area (Å²) in [7, 11) is 0.197. The van der Waals surface area contributed by atoms with Gasteiger partial charge in [0, 0.05) is 31.3 Å². The van der Waals surface area contributed by atoms with Crippen molar-refractivity contribution in [3.05, 3.63) is 83.0 Å². The quantitative estimate of drug-likeness (QED) is 0.359. The molecule has 7 nitrogen and oxygen atoms in total. The Morgan fingerprint density at radius 3 is 2.51 bits per heavy atom. The normalized spacial score (nSPS) is 16.0. The van der Waals surface area contributed by atoms with Crippen molar-refractivity contribution < 1.29 is 18.5 Å². The second kappa shape index (κ2) is 13.4. The Morgan fingerprint density at radius 1 is 1.15 bits per heavy atom. The van der Waals surface area contributed by atoms with Crippen LogP contribution >= 0.6 is 0 Å². The van der Waals surface area contributed by atoms with Crippen molar-refractivity contribution in [1.29, 1.82) is 0 Å². The topological polar surface area (TPSA) is 80.8 Å². The summed E-state index contributed by atoms with van der Waals surface area (Å²) < 4.78 is 27.9. The number of aromatic nitrogens is 1. The average molecular weight is 548 g/mol. The number of fused-ring (bicyclic) bond motifs is 1. The Kier molecular flexibility index (Phi) is 10.3. The number of hydrogen-bond donors (Lipinski definition) is 1. The molecule has 4 rings (SSSR count). The third-order valence-corrected chi connectivity index (χ3v) is 7.74. The molecule has 0 saturated carbocycles. The van der Waals surface area contributed by atoms with E-state index in [2.05, 4.69) is 29.5 Å². The van der Waals surface area contributed by atoms with Gasteiger partial charge in [0.1, 0.15) is 22.3 Å². The highest BCUT2D eigenvalue weighted by atomic mass is 32.2. The highest BCUT2D eigenvalue weighted by molar-refractivity contribution is 7.83. The van der Waals surface area contributed by atoms with Gasteiger partial charge >= 0.3 is 0 Å². The number of hydrogen-bond acceptors (Lipinski definition) is 5. The van der Waals surface area contributed by atoms with E-state index in [9.17, 15) is 9.00 Å². The second-order valence-electron chi connectivity index (χ2n) is 9.79. The molecule has 0 saturated heterocycles. The van der Waals surface area contributed by atoms with Crippen molar-refractivity contribution in [3.63, 3.8) is 0 Å². The summed E-state index contributed by atoms with van der Waals surface area (Å²) in [6, 6.07) is 17.0. The molecular formula is C31H37N3O4S. The van der Waals surface area contributed by atoms with Gasteiger partial charge in [-0.15, -0.1) is 12.8 Å². The lowest BCUT2D eigenvalue weighted by atomic mass is 9.91. The van der Waals surface area contributed by atoms with E-state index in [1.54, 1.807) is 18.2 Å². The Balaban J connectivity index is 0.00000205. The van der Waals surface area contributed by atoms with Gasteiger partial charge in [0.2, 0.25) is 5.88 Å². The first-order chi connectivity index (χ1) is 18.7. The number of pyridine rings is 1. The number of carbonyl (C=O) groups excluding carboxylic acids is 1. The zero-order valence-electron chi connectivity index (χ0n) is 23.3. The number of terminal acetylenes is 1. The van der Waals surface area contributed by atoms with Crippen LogP contribution in [-0.4, -0.2) is 39.3 Å². The van der Waals surface area contributed by atoms with Crippen molar-refractivity contribution in [2.24, 2.45) is 0 Å². The molecule has 8 heteroatoms. The number of nitrogens with one attached hydrogen (secondary N) is 1. The summed E-state index contributed by atoms with van der Waals surface area (Å²) in [5.74, 6) is 1.09. The van der Waals surface area contributed by atoms with Crippen molar-refractivity contribution >= 4 is 16.9 Å². The summed E-state index contributed by atoms with van der Waals surface area (Å²) in [6.45, 7) is 9.00. The van der Waals surface area contributed by atoms with Gasteiger partial charge in [0.25, 0.3) is 5.91 Å². The lowest BCUT2D eigenvalue weighted by molar-refractivity contribution is 0.0639. The number of amides is 1. The summed E-state index contributed by atoms with van der Waals surface area (Å²) in [6.07, 6.45) is 11.1. The van der Waals surface area contributed by atoms with Crippen LogP contribution in [-0.2, 0) is 24.0 Å². The van der Waals surface area contributed by atoms with Crippen LogP contribution in [0.4, 0.5) is 0 Å². The number of rotatable bonds is 9. The molecule has 1 N–H and O–H groups in total. The minimum absolute atomic E-state index is 0.125. The first-order valence-corrected chi connectivity index (χ1v) is 14.1. The van der Waals surface area contributed by atoms with E-state index in [1.165, 1.54) is 5.56 Å². The number of ether oxygens (including phenoxy) is 2. The molecule has 0 spiro atoms. The summed E-state index contributed by atoms with van der Waals surface area (Å²) in [4.78, 5) is 20.5. The molecule has 0 aliphatic carbocycles. The Hall–Kier alpha value is -3.67. The maximum atomic E-state index is 13.5. The first-order valence-electron chi connectivity index (χ1n) is 12.9. The number of carbonyl (C=O) groups is 1. The number of nitrogens with zero attached hydrogens (tertiary/aromatic N) is 2. The van der Waals surface area contributed by atoms with E-state index in [-0.39, 0.29) is 11.9 Å². The summed E-state index contributed by atoms with van der Waals surface area (Å²) in [5.41, 5.74) is 2.88. The average Bonchev–Trinajstić information content (AvgIpc) is 2.96. The predicted molar refractivity (Wildman–Crippen MR) is 155 cm³/mol. The SMILES string of the molecule is C#C.CCc1ccc(S(=O)N[C@H]2CC(C)(C)Oc3ncc(C(=O)N(CC)Cc4cccc(OC)c4)cc32)cc1. The number of benzene rings is 2. The van der Waals surface area contributed by atoms with Crippen LogP contribution in [0.15, 0.2) is 65.7 Å². The Bertz CT molecular complexity index is 1320. The lowest BCUT2D eigenvalue weighted by Crippen LogP contribution is -2.40. The van der Waals surface area contributed by atoms with Gasteiger partial charge in [-0.2, -0.15) is 0 Å². The molecular weight excluding hydrogens is 510 g/mol. The van der Waals surface area contributed by atoms with Crippen LogP contribution in [0.2, 0.25) is 0 Å². The highest BCUT2D eigenvalue weighted by Crippen LogP contribution is 2.39. The number of methoxy groups -OCH3 is 1. The largest absolute Gasteiger partial charge is 0.497 e. The minimum atomic E-state index is -1.43. The maximum Gasteiger partial charge on any atom is 0.255 e. The molecule has 2 heterocycles. The van der Waals surface area contributed by atoms with Crippen LogP contribution in [0.5, 0.6) is 11.6 Å². The maximum absolute atomic E-state index is 13.5.